The molecule has 5 aliphatic rings. The molecule has 6 heteroatoms. The van der Waals surface area contributed by atoms with Gasteiger partial charge >= 0.3 is 5.97 Å². The van der Waals surface area contributed by atoms with Crippen LogP contribution in [0, 0.1) is 23.2 Å². The monoisotopic (exact) mass is 410 g/mol. The number of carbonyl (C=O) groups is 3. The van der Waals surface area contributed by atoms with E-state index in [2.05, 4.69) is 5.32 Å². The standard InChI is InChI=1S/C24H30N2O4/c1-30-23(29)18-2-4-19(5-3-18)26-21(27)11-20(22(26)28)25-7-6-24-12-15-8-16(13-24)10-17(9-15)14-24/h2-5,15-17,20,25H,6-14H2,1H3/t15?,16?,17?,20-,24?/m1/s1. The lowest BCUT2D eigenvalue weighted by Gasteiger charge is -2.57. The van der Waals surface area contributed by atoms with Gasteiger partial charge in [-0.05, 0) is 98.9 Å². The number of esters is 1. The number of anilines is 1. The maximum absolute atomic E-state index is 12.9. The van der Waals surface area contributed by atoms with E-state index in [0.717, 1.165) is 30.7 Å². The van der Waals surface area contributed by atoms with Crippen molar-refractivity contribution in [3.63, 3.8) is 0 Å². The molecule has 0 spiro atoms. The van der Waals surface area contributed by atoms with Crippen LogP contribution in [0.3, 0.4) is 0 Å². The SMILES string of the molecule is COC(=O)c1ccc(N2C(=O)C[C@@H](NCCC34CC5CC(CC(C5)C3)C4)C2=O)cc1. The third kappa shape index (κ3) is 3.45. The molecular weight excluding hydrogens is 380 g/mol. The number of amides is 2. The van der Waals surface area contributed by atoms with Crippen molar-refractivity contribution >= 4 is 23.5 Å². The molecule has 1 aromatic carbocycles. The van der Waals surface area contributed by atoms with E-state index in [-0.39, 0.29) is 18.2 Å². The summed E-state index contributed by atoms with van der Waals surface area (Å²) in [5.41, 5.74) is 1.37. The van der Waals surface area contributed by atoms with Crippen molar-refractivity contribution in [1.82, 2.24) is 5.32 Å². The smallest absolute Gasteiger partial charge is 0.337 e. The molecular formula is C24H30N2O4. The fourth-order valence-corrected chi connectivity index (χ4v) is 7.03. The van der Waals surface area contributed by atoms with Gasteiger partial charge in [0.15, 0.2) is 0 Å². The lowest BCUT2D eigenvalue weighted by Crippen LogP contribution is -2.48. The van der Waals surface area contributed by atoms with Gasteiger partial charge in [0.25, 0.3) is 5.91 Å². The fraction of sp³-hybridized carbons (Fsp3) is 0.625. The molecule has 0 aromatic heterocycles. The van der Waals surface area contributed by atoms with Gasteiger partial charge in [0.05, 0.1) is 30.8 Å². The van der Waals surface area contributed by atoms with Gasteiger partial charge < -0.3 is 10.1 Å². The highest BCUT2D eigenvalue weighted by Crippen LogP contribution is 2.61. The van der Waals surface area contributed by atoms with Crippen LogP contribution in [0.15, 0.2) is 24.3 Å². The van der Waals surface area contributed by atoms with Crippen molar-refractivity contribution in [3.05, 3.63) is 29.8 Å². The summed E-state index contributed by atoms with van der Waals surface area (Å²) in [5, 5.41) is 3.39. The molecule has 5 fully saturated rings. The molecule has 4 aliphatic carbocycles. The molecule has 2 amide bonds. The Morgan fingerprint density at radius 1 is 1.07 bits per heavy atom. The number of ether oxygens (including phenoxy) is 1. The highest BCUT2D eigenvalue weighted by molar-refractivity contribution is 6.22. The number of methoxy groups -OCH3 is 1. The topological polar surface area (TPSA) is 75.7 Å². The Morgan fingerprint density at radius 2 is 1.67 bits per heavy atom. The highest BCUT2D eigenvalue weighted by Gasteiger charge is 2.50. The zero-order valence-electron chi connectivity index (χ0n) is 17.6. The minimum atomic E-state index is -0.452. The number of nitrogens with one attached hydrogen (secondary N) is 1. The van der Waals surface area contributed by atoms with Crippen molar-refractivity contribution in [3.8, 4) is 0 Å². The lowest BCUT2D eigenvalue weighted by atomic mass is 9.49. The summed E-state index contributed by atoms with van der Waals surface area (Å²) in [6, 6.07) is 5.96. The van der Waals surface area contributed by atoms with Gasteiger partial charge in [0.2, 0.25) is 5.91 Å². The number of carbonyl (C=O) groups excluding carboxylic acids is 3. The number of imide groups is 1. The van der Waals surface area contributed by atoms with E-state index in [9.17, 15) is 14.4 Å². The Kier molecular flexibility index (Phi) is 4.92. The minimum absolute atomic E-state index is 0.193. The van der Waals surface area contributed by atoms with Gasteiger partial charge in [-0.25, -0.2) is 9.69 Å². The summed E-state index contributed by atoms with van der Waals surface area (Å²) in [6.07, 6.45) is 9.69. The molecule has 6 nitrogen and oxygen atoms in total. The van der Waals surface area contributed by atoms with Crippen LogP contribution >= 0.6 is 0 Å². The second-order valence-electron chi connectivity index (χ2n) is 9.98. The van der Waals surface area contributed by atoms with Crippen LogP contribution in [-0.4, -0.2) is 37.5 Å². The summed E-state index contributed by atoms with van der Waals surface area (Å²) in [7, 11) is 1.32. The van der Waals surface area contributed by atoms with Gasteiger partial charge in [-0.15, -0.1) is 0 Å². The molecule has 0 radical (unpaired) electrons. The van der Waals surface area contributed by atoms with Gasteiger partial charge in [-0.3, -0.25) is 9.59 Å². The molecule has 160 valence electrons. The first kappa shape index (κ1) is 19.7. The van der Waals surface area contributed by atoms with Crippen molar-refractivity contribution < 1.29 is 19.1 Å². The average Bonchev–Trinajstić information content (AvgIpc) is 2.99. The van der Waals surface area contributed by atoms with Crippen molar-refractivity contribution in [2.45, 2.75) is 57.4 Å². The Hall–Kier alpha value is -2.21. The minimum Gasteiger partial charge on any atom is -0.465 e. The zero-order chi connectivity index (χ0) is 20.9. The van der Waals surface area contributed by atoms with E-state index >= 15 is 0 Å². The van der Waals surface area contributed by atoms with Gasteiger partial charge in [-0.1, -0.05) is 0 Å². The third-order valence-electron chi connectivity index (χ3n) is 7.90. The van der Waals surface area contributed by atoms with Crippen LogP contribution in [0.1, 0.15) is 61.7 Å². The summed E-state index contributed by atoms with van der Waals surface area (Å²) >= 11 is 0. The van der Waals surface area contributed by atoms with Gasteiger partial charge in [-0.2, -0.15) is 0 Å². The van der Waals surface area contributed by atoms with Crippen LogP contribution in [0.2, 0.25) is 0 Å². The molecule has 1 aromatic rings. The number of benzene rings is 1. The van der Waals surface area contributed by atoms with Gasteiger partial charge in [0, 0.05) is 0 Å². The molecule has 0 unspecified atom stereocenters. The largest absolute Gasteiger partial charge is 0.465 e. The molecule has 6 rings (SSSR count). The molecule has 1 N–H and O–H groups in total. The predicted octanol–water partition coefficient (Wildman–Crippen LogP) is 3.30. The maximum Gasteiger partial charge on any atom is 0.337 e. The van der Waals surface area contributed by atoms with Crippen LogP contribution in [0.4, 0.5) is 5.69 Å². The lowest BCUT2D eigenvalue weighted by molar-refractivity contribution is -0.121. The molecule has 4 saturated carbocycles. The van der Waals surface area contributed by atoms with Crippen molar-refractivity contribution in [1.29, 1.82) is 0 Å². The molecule has 4 bridgehead atoms. The first-order valence-electron chi connectivity index (χ1n) is 11.2. The fourth-order valence-electron chi connectivity index (χ4n) is 7.03. The summed E-state index contributed by atoms with van der Waals surface area (Å²) in [4.78, 5) is 38.3. The normalized spacial score (nSPS) is 34.6. The first-order valence-corrected chi connectivity index (χ1v) is 11.2. The van der Waals surface area contributed by atoms with E-state index in [4.69, 9.17) is 4.74 Å². The molecule has 1 saturated heterocycles. The van der Waals surface area contributed by atoms with Crippen molar-refractivity contribution in [2.75, 3.05) is 18.6 Å². The summed E-state index contributed by atoms with van der Waals surface area (Å²) < 4.78 is 4.70. The summed E-state index contributed by atoms with van der Waals surface area (Å²) in [5.74, 6) is 1.94. The summed E-state index contributed by atoms with van der Waals surface area (Å²) in [6.45, 7) is 0.797. The Labute approximate surface area is 177 Å². The number of hydrogen-bond acceptors (Lipinski definition) is 5. The molecule has 1 atom stereocenters. The van der Waals surface area contributed by atoms with Gasteiger partial charge in [0.1, 0.15) is 0 Å². The van der Waals surface area contributed by atoms with E-state index in [0.29, 0.717) is 16.7 Å². The number of hydrogen-bond donors (Lipinski definition) is 1. The molecule has 1 aliphatic heterocycles. The first-order chi connectivity index (χ1) is 14.5. The predicted molar refractivity (Wildman–Crippen MR) is 112 cm³/mol. The average molecular weight is 411 g/mol. The van der Waals surface area contributed by atoms with E-state index in [1.807, 2.05) is 0 Å². The number of nitrogens with zero attached hydrogens (tertiary/aromatic N) is 1. The number of rotatable bonds is 6. The van der Waals surface area contributed by atoms with Crippen LogP contribution in [0.5, 0.6) is 0 Å². The molecule has 30 heavy (non-hydrogen) atoms. The quantitative estimate of drug-likeness (QED) is 0.575. The van der Waals surface area contributed by atoms with Crippen molar-refractivity contribution in [2.24, 2.45) is 23.2 Å². The Morgan fingerprint density at radius 3 is 2.23 bits per heavy atom. The van der Waals surface area contributed by atoms with Crippen LogP contribution in [0.25, 0.3) is 0 Å². The van der Waals surface area contributed by atoms with E-state index < -0.39 is 12.0 Å². The third-order valence-corrected chi connectivity index (χ3v) is 7.90. The van der Waals surface area contributed by atoms with E-state index in [1.54, 1.807) is 24.3 Å². The molecule has 1 heterocycles. The second-order valence-corrected chi connectivity index (χ2v) is 9.98. The van der Waals surface area contributed by atoms with Crippen LogP contribution < -0.4 is 10.2 Å². The highest BCUT2D eigenvalue weighted by atomic mass is 16.5. The Balaban J connectivity index is 1.19. The Bertz CT molecular complexity index is 827. The zero-order valence-corrected chi connectivity index (χ0v) is 17.6. The maximum atomic E-state index is 12.9. The second kappa shape index (κ2) is 7.49. The van der Waals surface area contributed by atoms with E-state index in [1.165, 1.54) is 50.5 Å². The van der Waals surface area contributed by atoms with Crippen LogP contribution in [-0.2, 0) is 14.3 Å².